The van der Waals surface area contributed by atoms with E-state index in [4.69, 9.17) is 5.11 Å². The smallest absolute Gasteiger partial charge is 0.331 e. The summed E-state index contributed by atoms with van der Waals surface area (Å²) in [6.45, 7) is 6.63. The molecule has 4 heteroatoms. The number of anilines is 2. The number of carbonyl (C=O) groups is 1. The van der Waals surface area contributed by atoms with Gasteiger partial charge in [-0.2, -0.15) is 0 Å². The zero-order valence-electron chi connectivity index (χ0n) is 15.5. The van der Waals surface area contributed by atoms with Crippen molar-refractivity contribution < 1.29 is 9.90 Å². The monoisotopic (exact) mass is 350 g/mol. The van der Waals surface area contributed by atoms with E-state index in [2.05, 4.69) is 34.5 Å². The van der Waals surface area contributed by atoms with Crippen molar-refractivity contribution in [3.8, 4) is 0 Å². The van der Waals surface area contributed by atoms with E-state index in [1.807, 2.05) is 25.1 Å². The average molecular weight is 350 g/mol. The molecule has 0 aromatic heterocycles. The third-order valence-corrected chi connectivity index (χ3v) is 4.91. The fourth-order valence-corrected chi connectivity index (χ4v) is 3.30. The molecular weight excluding hydrogens is 324 g/mol. The first kappa shape index (κ1) is 18.1. The molecule has 0 amide bonds. The van der Waals surface area contributed by atoms with Crippen LogP contribution in [0.1, 0.15) is 36.5 Å². The lowest BCUT2D eigenvalue weighted by atomic mass is 10.0. The molecule has 1 saturated heterocycles. The summed E-state index contributed by atoms with van der Waals surface area (Å²) in [7, 11) is 0. The molecule has 4 nitrogen and oxygen atoms in total. The normalized spacial score (nSPS) is 14.5. The Hall–Kier alpha value is -2.75. The number of carboxylic acid groups (broad SMARTS) is 1. The molecule has 0 aliphatic carbocycles. The summed E-state index contributed by atoms with van der Waals surface area (Å²) in [5.74, 6) is -0.892. The van der Waals surface area contributed by atoms with Gasteiger partial charge in [-0.3, -0.25) is 0 Å². The van der Waals surface area contributed by atoms with Crippen molar-refractivity contribution >= 4 is 23.4 Å². The Kier molecular flexibility index (Phi) is 5.61. The second kappa shape index (κ2) is 8.09. The van der Waals surface area contributed by atoms with E-state index < -0.39 is 5.97 Å². The second-order valence-corrected chi connectivity index (χ2v) is 6.88. The Morgan fingerprint density at radius 1 is 1.15 bits per heavy atom. The van der Waals surface area contributed by atoms with Crippen LogP contribution in [0.3, 0.4) is 0 Å². The van der Waals surface area contributed by atoms with Crippen LogP contribution in [0, 0.1) is 6.92 Å². The molecule has 2 N–H and O–H groups in total. The van der Waals surface area contributed by atoms with Crippen molar-refractivity contribution in [2.24, 2.45) is 0 Å². The Morgan fingerprint density at radius 3 is 2.50 bits per heavy atom. The van der Waals surface area contributed by atoms with E-state index in [1.165, 1.54) is 24.1 Å². The molecule has 0 radical (unpaired) electrons. The summed E-state index contributed by atoms with van der Waals surface area (Å²) >= 11 is 0. The van der Waals surface area contributed by atoms with Gasteiger partial charge in [0, 0.05) is 42.1 Å². The van der Waals surface area contributed by atoms with Gasteiger partial charge in [0.1, 0.15) is 0 Å². The second-order valence-electron chi connectivity index (χ2n) is 6.88. The predicted molar refractivity (Wildman–Crippen MR) is 108 cm³/mol. The number of carboxylic acids is 1. The molecule has 2 aromatic carbocycles. The van der Waals surface area contributed by atoms with E-state index in [-0.39, 0.29) is 0 Å². The van der Waals surface area contributed by atoms with Gasteiger partial charge in [-0.05, 0) is 62.1 Å². The third kappa shape index (κ3) is 4.26. The molecule has 1 fully saturated rings. The number of rotatable bonds is 6. The highest BCUT2D eigenvalue weighted by Crippen LogP contribution is 2.24. The highest BCUT2D eigenvalue weighted by molar-refractivity contribution is 5.93. The maximum atomic E-state index is 11.2. The van der Waals surface area contributed by atoms with Crippen molar-refractivity contribution in [1.82, 2.24) is 0 Å². The van der Waals surface area contributed by atoms with Gasteiger partial charge in [0.2, 0.25) is 0 Å². The third-order valence-electron chi connectivity index (χ3n) is 4.91. The maximum absolute atomic E-state index is 11.2. The van der Waals surface area contributed by atoms with Crippen molar-refractivity contribution in [2.75, 3.05) is 23.3 Å². The number of nitrogens with one attached hydrogen (secondary N) is 1. The van der Waals surface area contributed by atoms with Gasteiger partial charge in [-0.1, -0.05) is 24.3 Å². The van der Waals surface area contributed by atoms with Gasteiger partial charge in [-0.25, -0.2) is 4.79 Å². The Morgan fingerprint density at radius 2 is 1.85 bits per heavy atom. The summed E-state index contributed by atoms with van der Waals surface area (Å²) < 4.78 is 0. The van der Waals surface area contributed by atoms with E-state index in [9.17, 15) is 4.79 Å². The van der Waals surface area contributed by atoms with Gasteiger partial charge in [0.15, 0.2) is 0 Å². The molecule has 0 saturated carbocycles. The summed E-state index contributed by atoms with van der Waals surface area (Å²) in [5.41, 5.74) is 5.77. The van der Waals surface area contributed by atoms with E-state index >= 15 is 0 Å². The minimum absolute atomic E-state index is 0.331. The molecule has 0 bridgehead atoms. The lowest BCUT2D eigenvalue weighted by Crippen LogP contribution is -2.17. The molecule has 1 heterocycles. The van der Waals surface area contributed by atoms with Gasteiger partial charge in [0.25, 0.3) is 0 Å². The highest BCUT2D eigenvalue weighted by atomic mass is 16.4. The largest absolute Gasteiger partial charge is 0.478 e. The molecule has 1 aliphatic heterocycles. The quantitative estimate of drug-likeness (QED) is 0.742. The lowest BCUT2D eigenvalue weighted by Gasteiger charge is -2.18. The number of nitrogens with zero attached hydrogens (tertiary/aromatic N) is 1. The van der Waals surface area contributed by atoms with Crippen LogP contribution >= 0.6 is 0 Å². The summed E-state index contributed by atoms with van der Waals surface area (Å²) in [6, 6.07) is 14.7. The van der Waals surface area contributed by atoms with Gasteiger partial charge < -0.3 is 15.3 Å². The first-order valence-electron chi connectivity index (χ1n) is 9.13. The molecule has 0 atom stereocenters. The van der Waals surface area contributed by atoms with Crippen molar-refractivity contribution in [3.63, 3.8) is 0 Å². The Bertz CT molecular complexity index is 803. The van der Waals surface area contributed by atoms with Gasteiger partial charge in [-0.15, -0.1) is 0 Å². The van der Waals surface area contributed by atoms with Crippen LogP contribution in [0.4, 0.5) is 11.4 Å². The van der Waals surface area contributed by atoms with Crippen LogP contribution in [0.2, 0.25) is 0 Å². The fourth-order valence-electron chi connectivity index (χ4n) is 3.30. The first-order valence-corrected chi connectivity index (χ1v) is 9.13. The minimum atomic E-state index is -0.892. The Balaban J connectivity index is 1.72. The van der Waals surface area contributed by atoms with Gasteiger partial charge >= 0.3 is 5.97 Å². The highest BCUT2D eigenvalue weighted by Gasteiger charge is 2.12. The van der Waals surface area contributed by atoms with Gasteiger partial charge in [0.05, 0.1) is 0 Å². The lowest BCUT2D eigenvalue weighted by molar-refractivity contribution is -0.132. The molecule has 136 valence electrons. The molecular formula is C22H26N2O2. The molecule has 3 rings (SSSR count). The SMILES string of the molecule is C/C(=C\c1c(C)cccc1NCc1ccc(N2CCCC2)cc1)C(=O)O. The molecule has 0 unspecified atom stereocenters. The molecule has 0 spiro atoms. The summed E-state index contributed by atoms with van der Waals surface area (Å²) in [6.07, 6.45) is 4.29. The number of hydrogen-bond acceptors (Lipinski definition) is 3. The zero-order chi connectivity index (χ0) is 18.5. The Labute approximate surface area is 155 Å². The molecule has 1 aliphatic rings. The predicted octanol–water partition coefficient (Wildman–Crippen LogP) is 4.70. The standard InChI is InChI=1S/C22H26N2O2/c1-16-6-5-7-21(20(16)14-17(2)22(25)26)23-15-18-8-10-19(11-9-18)24-12-3-4-13-24/h5-11,14,23H,3-4,12-13,15H2,1-2H3,(H,25,26)/b17-14+. The number of benzene rings is 2. The van der Waals surface area contributed by atoms with E-state index in [0.29, 0.717) is 12.1 Å². The van der Waals surface area contributed by atoms with Crippen LogP contribution in [-0.2, 0) is 11.3 Å². The zero-order valence-corrected chi connectivity index (χ0v) is 15.5. The molecule has 26 heavy (non-hydrogen) atoms. The molecule has 2 aromatic rings. The first-order chi connectivity index (χ1) is 12.5. The van der Waals surface area contributed by atoms with Crippen LogP contribution in [0.5, 0.6) is 0 Å². The fraction of sp³-hybridized carbons (Fsp3) is 0.318. The number of hydrogen-bond donors (Lipinski definition) is 2. The van der Waals surface area contributed by atoms with Crippen LogP contribution in [0.15, 0.2) is 48.0 Å². The van der Waals surface area contributed by atoms with E-state index in [1.54, 1.807) is 13.0 Å². The number of aryl methyl sites for hydroxylation is 1. The number of aliphatic carboxylic acids is 1. The maximum Gasteiger partial charge on any atom is 0.331 e. The van der Waals surface area contributed by atoms with E-state index in [0.717, 1.165) is 29.9 Å². The summed E-state index contributed by atoms with van der Waals surface area (Å²) in [4.78, 5) is 13.6. The average Bonchev–Trinajstić information content (AvgIpc) is 3.17. The van der Waals surface area contributed by atoms with Crippen molar-refractivity contribution in [1.29, 1.82) is 0 Å². The van der Waals surface area contributed by atoms with Crippen LogP contribution in [0.25, 0.3) is 6.08 Å². The minimum Gasteiger partial charge on any atom is -0.478 e. The summed E-state index contributed by atoms with van der Waals surface area (Å²) in [5, 5.41) is 12.6. The topological polar surface area (TPSA) is 52.6 Å². The van der Waals surface area contributed by atoms with Crippen LogP contribution < -0.4 is 10.2 Å². The van der Waals surface area contributed by atoms with Crippen LogP contribution in [-0.4, -0.2) is 24.2 Å². The van der Waals surface area contributed by atoms with Crippen molar-refractivity contribution in [3.05, 3.63) is 64.7 Å². The van der Waals surface area contributed by atoms with Crippen molar-refractivity contribution in [2.45, 2.75) is 33.2 Å².